The maximum atomic E-state index is 14.5. The molecular formula is C55H35NO. The Morgan fingerprint density at radius 2 is 0.842 bits per heavy atom. The van der Waals surface area contributed by atoms with Crippen molar-refractivity contribution in [1.29, 1.82) is 0 Å². The third kappa shape index (κ3) is 4.81. The summed E-state index contributed by atoms with van der Waals surface area (Å²) in [5, 5.41) is 15.5. The molecule has 0 fully saturated rings. The third-order valence-electron chi connectivity index (χ3n) is 12.4. The first-order chi connectivity index (χ1) is 28.2. The molecule has 0 saturated carbocycles. The summed E-state index contributed by atoms with van der Waals surface area (Å²) in [6, 6.07) is 63.0. The second kappa shape index (κ2) is 12.4. The van der Waals surface area contributed by atoms with Crippen LogP contribution >= 0.6 is 0 Å². The largest absolute Gasteiger partial charge is 0.276 e. The molecular weight excluding hydrogens is 691 g/mol. The monoisotopic (exact) mass is 725 g/mol. The summed E-state index contributed by atoms with van der Waals surface area (Å²) in [5.41, 5.74) is 8.97. The number of nitrogens with zero attached hydrogens (tertiary/aromatic N) is 1. The molecule has 1 aromatic heterocycles. The van der Waals surface area contributed by atoms with Crippen LogP contribution in [0.25, 0.3) is 110 Å². The fourth-order valence-corrected chi connectivity index (χ4v) is 9.79. The minimum atomic E-state index is -0.0174. The number of benzene rings is 10. The fraction of sp³-hybridized carbons (Fsp3) is 0.0364. The van der Waals surface area contributed by atoms with Crippen LogP contribution in [0.2, 0.25) is 0 Å². The van der Waals surface area contributed by atoms with Gasteiger partial charge in [-0.3, -0.25) is 9.36 Å². The average molecular weight is 726 g/mol. The second-order valence-corrected chi connectivity index (χ2v) is 15.5. The van der Waals surface area contributed by atoms with Gasteiger partial charge in [0.25, 0.3) is 5.56 Å². The van der Waals surface area contributed by atoms with Crippen LogP contribution in [0.3, 0.4) is 0 Å². The molecule has 0 unspecified atom stereocenters. The molecule has 10 aromatic carbocycles. The summed E-state index contributed by atoms with van der Waals surface area (Å²) in [6.45, 7) is 0. The maximum Gasteiger partial charge on any atom is 0.263 e. The smallest absolute Gasteiger partial charge is 0.263 e. The van der Waals surface area contributed by atoms with Crippen LogP contribution in [0.15, 0.2) is 187 Å². The molecule has 57 heavy (non-hydrogen) atoms. The first-order valence-electron chi connectivity index (χ1n) is 19.9. The molecule has 1 aliphatic carbocycles. The van der Waals surface area contributed by atoms with E-state index in [0.717, 1.165) is 57.1 Å². The van der Waals surface area contributed by atoms with Crippen LogP contribution in [0, 0.1) is 0 Å². The zero-order valence-corrected chi connectivity index (χ0v) is 31.2. The fourth-order valence-electron chi connectivity index (χ4n) is 9.79. The minimum absolute atomic E-state index is 0.0174. The number of hydrogen-bond acceptors (Lipinski definition) is 1. The van der Waals surface area contributed by atoms with Gasteiger partial charge in [0.15, 0.2) is 0 Å². The van der Waals surface area contributed by atoms with Crippen LogP contribution in [0.4, 0.5) is 0 Å². The van der Waals surface area contributed by atoms with E-state index in [2.05, 4.69) is 170 Å². The SMILES string of the molecule is O=c1c2ccccc2c2cc(-c3ccc4c5ccccc5c5ccccc5c4c3)ccc2n1-c1cccc(-c2ccc3c(c2)c2c(c4ccccc43)CCC=C2)c1. The lowest BCUT2D eigenvalue weighted by molar-refractivity contribution is 1.00. The molecule has 12 rings (SSSR count). The van der Waals surface area contributed by atoms with Crippen LogP contribution < -0.4 is 5.56 Å². The lowest BCUT2D eigenvalue weighted by atomic mass is 9.86. The van der Waals surface area contributed by atoms with Crippen molar-refractivity contribution in [2.24, 2.45) is 0 Å². The van der Waals surface area contributed by atoms with Crippen molar-refractivity contribution < 1.29 is 0 Å². The van der Waals surface area contributed by atoms with E-state index in [1.54, 1.807) is 0 Å². The molecule has 0 radical (unpaired) electrons. The van der Waals surface area contributed by atoms with Gasteiger partial charge in [0, 0.05) is 16.5 Å². The molecule has 0 bridgehead atoms. The van der Waals surface area contributed by atoms with Gasteiger partial charge in [0.1, 0.15) is 0 Å². The first kappa shape index (κ1) is 32.0. The van der Waals surface area contributed by atoms with E-state index in [0.29, 0.717) is 5.39 Å². The molecule has 0 N–H and O–H groups in total. The van der Waals surface area contributed by atoms with Gasteiger partial charge in [-0.15, -0.1) is 0 Å². The molecule has 0 aliphatic heterocycles. The lowest BCUT2D eigenvalue weighted by Crippen LogP contribution is -2.19. The Kier molecular flexibility index (Phi) is 6.94. The molecule has 0 saturated heterocycles. The van der Waals surface area contributed by atoms with E-state index in [1.807, 2.05) is 22.8 Å². The quantitative estimate of drug-likeness (QED) is 0.166. The van der Waals surface area contributed by atoms with E-state index in [1.165, 1.54) is 65.0 Å². The van der Waals surface area contributed by atoms with Gasteiger partial charge in [0.05, 0.1) is 5.52 Å². The minimum Gasteiger partial charge on any atom is -0.276 e. The van der Waals surface area contributed by atoms with Gasteiger partial charge in [-0.2, -0.15) is 0 Å². The highest BCUT2D eigenvalue weighted by Gasteiger charge is 2.18. The summed E-state index contributed by atoms with van der Waals surface area (Å²) in [5.74, 6) is 0. The van der Waals surface area contributed by atoms with Crippen molar-refractivity contribution in [3.63, 3.8) is 0 Å². The van der Waals surface area contributed by atoms with Gasteiger partial charge < -0.3 is 0 Å². The summed E-state index contributed by atoms with van der Waals surface area (Å²) < 4.78 is 1.91. The predicted molar refractivity (Wildman–Crippen MR) is 243 cm³/mol. The van der Waals surface area contributed by atoms with Crippen LogP contribution in [0.1, 0.15) is 17.5 Å². The number of hydrogen-bond donors (Lipinski definition) is 0. The zero-order chi connectivity index (χ0) is 37.6. The Morgan fingerprint density at radius 1 is 0.368 bits per heavy atom. The van der Waals surface area contributed by atoms with Crippen molar-refractivity contribution >= 4 is 81.6 Å². The number of aryl methyl sites for hydroxylation is 1. The van der Waals surface area contributed by atoms with Crippen molar-refractivity contribution in [2.75, 3.05) is 0 Å². The number of pyridine rings is 1. The molecule has 266 valence electrons. The van der Waals surface area contributed by atoms with E-state index in [-0.39, 0.29) is 5.56 Å². The lowest BCUT2D eigenvalue weighted by Gasteiger charge is -2.19. The standard InChI is InChI=1S/C55H35NO/c57-55-50-23-10-9-22-47(50)53-33-37(36-25-28-49-44-19-4-2-15-40(44)42-17-6-8-21-46(42)52(49)32-36)26-29-54(53)56(55)38-13-11-12-34(30-38)35-24-27-48-43-18-3-1-14-39(43)41-16-5-7-20-45(41)51(48)31-35/h1-4,6-15,17-33H,5,16H2. The first-order valence-corrected chi connectivity index (χ1v) is 19.9. The molecule has 1 aliphatic rings. The predicted octanol–water partition coefficient (Wildman–Crippen LogP) is 14.2. The van der Waals surface area contributed by atoms with E-state index < -0.39 is 0 Å². The van der Waals surface area contributed by atoms with Crippen LogP contribution in [-0.2, 0) is 6.42 Å². The topological polar surface area (TPSA) is 22.0 Å². The number of fused-ring (bicyclic) bond motifs is 15. The highest BCUT2D eigenvalue weighted by atomic mass is 16.1. The summed E-state index contributed by atoms with van der Waals surface area (Å²) in [7, 11) is 0. The molecule has 0 atom stereocenters. The Hall–Kier alpha value is -7.29. The van der Waals surface area contributed by atoms with Gasteiger partial charge in [0.2, 0.25) is 0 Å². The molecule has 11 aromatic rings. The van der Waals surface area contributed by atoms with Gasteiger partial charge in [-0.25, -0.2) is 0 Å². The number of aromatic nitrogens is 1. The molecule has 2 nitrogen and oxygen atoms in total. The molecule has 0 amide bonds. The molecule has 0 spiro atoms. The summed E-state index contributed by atoms with van der Waals surface area (Å²) in [6.07, 6.45) is 6.73. The zero-order valence-electron chi connectivity index (χ0n) is 31.2. The molecule has 1 heterocycles. The maximum absolute atomic E-state index is 14.5. The van der Waals surface area contributed by atoms with Crippen LogP contribution in [0.5, 0.6) is 0 Å². The summed E-state index contributed by atoms with van der Waals surface area (Å²) >= 11 is 0. The molecule has 2 heteroatoms. The van der Waals surface area contributed by atoms with Crippen molar-refractivity contribution in [3.8, 4) is 27.9 Å². The van der Waals surface area contributed by atoms with E-state index in [4.69, 9.17) is 0 Å². The highest BCUT2D eigenvalue weighted by molar-refractivity contribution is 6.26. The van der Waals surface area contributed by atoms with Gasteiger partial charge >= 0.3 is 0 Å². The van der Waals surface area contributed by atoms with E-state index >= 15 is 0 Å². The van der Waals surface area contributed by atoms with Crippen molar-refractivity contribution in [2.45, 2.75) is 12.8 Å². The Balaban J connectivity index is 1.04. The van der Waals surface area contributed by atoms with Gasteiger partial charge in [-0.05, 0) is 148 Å². The normalized spacial score (nSPS) is 12.8. The van der Waals surface area contributed by atoms with Crippen molar-refractivity contribution in [1.82, 2.24) is 4.57 Å². The van der Waals surface area contributed by atoms with Gasteiger partial charge in [-0.1, -0.05) is 146 Å². The summed E-state index contributed by atoms with van der Waals surface area (Å²) in [4.78, 5) is 14.5. The Bertz CT molecular complexity index is 3570. The third-order valence-corrected chi connectivity index (χ3v) is 12.4. The second-order valence-electron chi connectivity index (χ2n) is 15.5. The highest BCUT2D eigenvalue weighted by Crippen LogP contribution is 2.40. The van der Waals surface area contributed by atoms with Crippen LogP contribution in [-0.4, -0.2) is 4.57 Å². The number of rotatable bonds is 3. The number of allylic oxidation sites excluding steroid dienone is 1. The average Bonchev–Trinajstić information content (AvgIpc) is 3.29. The Labute approximate surface area is 329 Å². The van der Waals surface area contributed by atoms with E-state index in [9.17, 15) is 4.79 Å². The van der Waals surface area contributed by atoms with Crippen molar-refractivity contribution in [3.05, 3.63) is 203 Å². The Morgan fingerprint density at radius 3 is 1.51 bits per heavy atom.